The summed E-state index contributed by atoms with van der Waals surface area (Å²) in [5.74, 6) is 0.443. The lowest BCUT2D eigenvalue weighted by molar-refractivity contribution is -0.126. The lowest BCUT2D eigenvalue weighted by atomic mass is 9.76. The smallest absolute Gasteiger partial charge is 0.223 e. The summed E-state index contributed by atoms with van der Waals surface area (Å²) in [4.78, 5) is 24.9. The van der Waals surface area contributed by atoms with Crippen molar-refractivity contribution in [3.63, 3.8) is 0 Å². The summed E-state index contributed by atoms with van der Waals surface area (Å²) in [6.45, 7) is 2.67. The molecule has 0 spiro atoms. The van der Waals surface area contributed by atoms with Crippen molar-refractivity contribution in [2.75, 3.05) is 6.54 Å². The van der Waals surface area contributed by atoms with Crippen LogP contribution in [0.4, 0.5) is 0 Å². The Balaban J connectivity index is 1.63. The molecule has 0 saturated heterocycles. The predicted molar refractivity (Wildman–Crippen MR) is 82.1 cm³/mol. The number of carbonyl (C=O) groups is 2. The first-order valence-corrected chi connectivity index (χ1v) is 8.06. The predicted octanol–water partition coefficient (Wildman–Crippen LogP) is 2.98. The fourth-order valence-electron chi connectivity index (χ4n) is 3.38. The van der Waals surface area contributed by atoms with E-state index in [1.54, 1.807) is 0 Å². The Kier molecular flexibility index (Phi) is 4.09. The average Bonchev–Trinajstić information content (AvgIpc) is 2.45. The third kappa shape index (κ3) is 2.87. The SMILES string of the molecule is CC(C(=O)NCC1CCC1)C1CCc2ccccc2C1=O. The number of benzene rings is 1. The molecule has 1 aromatic carbocycles. The first-order chi connectivity index (χ1) is 10.2. The van der Waals surface area contributed by atoms with Crippen molar-refractivity contribution in [1.29, 1.82) is 0 Å². The first kappa shape index (κ1) is 14.3. The highest BCUT2D eigenvalue weighted by molar-refractivity contribution is 6.02. The van der Waals surface area contributed by atoms with Crippen LogP contribution in [0, 0.1) is 17.8 Å². The first-order valence-electron chi connectivity index (χ1n) is 8.06. The van der Waals surface area contributed by atoms with Crippen LogP contribution in [-0.4, -0.2) is 18.2 Å². The Morgan fingerprint density at radius 1 is 1.29 bits per heavy atom. The van der Waals surface area contributed by atoms with Gasteiger partial charge in [-0.3, -0.25) is 9.59 Å². The Hall–Kier alpha value is -1.64. The molecular weight excluding hydrogens is 262 g/mol. The molecule has 2 aliphatic carbocycles. The molecule has 1 amide bonds. The van der Waals surface area contributed by atoms with E-state index in [2.05, 4.69) is 5.32 Å². The second kappa shape index (κ2) is 6.00. The van der Waals surface area contributed by atoms with Gasteiger partial charge in [0.15, 0.2) is 5.78 Å². The lowest BCUT2D eigenvalue weighted by Gasteiger charge is -2.29. The van der Waals surface area contributed by atoms with Crippen molar-refractivity contribution in [2.24, 2.45) is 17.8 Å². The highest BCUT2D eigenvalue weighted by atomic mass is 16.2. The monoisotopic (exact) mass is 285 g/mol. The Morgan fingerprint density at radius 2 is 2.05 bits per heavy atom. The number of aryl methyl sites for hydroxylation is 1. The molecule has 3 heteroatoms. The van der Waals surface area contributed by atoms with E-state index in [1.807, 2.05) is 31.2 Å². The summed E-state index contributed by atoms with van der Waals surface area (Å²) < 4.78 is 0. The number of rotatable bonds is 4. The van der Waals surface area contributed by atoms with Gasteiger partial charge in [0.05, 0.1) is 0 Å². The van der Waals surface area contributed by atoms with Gasteiger partial charge in [0, 0.05) is 23.9 Å². The van der Waals surface area contributed by atoms with Crippen LogP contribution in [0.25, 0.3) is 0 Å². The van der Waals surface area contributed by atoms with Crippen LogP contribution in [0.3, 0.4) is 0 Å². The number of fused-ring (bicyclic) bond motifs is 1. The van der Waals surface area contributed by atoms with E-state index < -0.39 is 0 Å². The van der Waals surface area contributed by atoms with Crippen molar-refractivity contribution in [1.82, 2.24) is 5.32 Å². The van der Waals surface area contributed by atoms with Gasteiger partial charge in [-0.05, 0) is 37.2 Å². The van der Waals surface area contributed by atoms with Crippen LogP contribution in [0.1, 0.15) is 48.5 Å². The average molecular weight is 285 g/mol. The molecule has 0 radical (unpaired) electrons. The van der Waals surface area contributed by atoms with Gasteiger partial charge in [-0.25, -0.2) is 0 Å². The molecule has 3 nitrogen and oxygen atoms in total. The number of hydrogen-bond acceptors (Lipinski definition) is 2. The Bertz CT molecular complexity index is 548. The quantitative estimate of drug-likeness (QED) is 0.924. The Labute approximate surface area is 126 Å². The minimum absolute atomic E-state index is 0.0413. The highest BCUT2D eigenvalue weighted by Crippen LogP contribution is 2.31. The van der Waals surface area contributed by atoms with Crippen LogP contribution in [0.5, 0.6) is 0 Å². The van der Waals surface area contributed by atoms with Gasteiger partial charge in [0.25, 0.3) is 0 Å². The molecule has 2 atom stereocenters. The number of carbonyl (C=O) groups excluding carboxylic acids is 2. The number of amides is 1. The van der Waals surface area contributed by atoms with Crippen molar-refractivity contribution in [3.8, 4) is 0 Å². The molecule has 0 aliphatic heterocycles. The standard InChI is InChI=1S/C18H23NO2/c1-12(18(21)19-11-13-5-4-6-13)15-10-9-14-7-2-3-8-16(14)17(15)20/h2-3,7-8,12-13,15H,4-6,9-11H2,1H3,(H,19,21). The van der Waals surface area contributed by atoms with Crippen molar-refractivity contribution in [3.05, 3.63) is 35.4 Å². The zero-order valence-electron chi connectivity index (χ0n) is 12.6. The van der Waals surface area contributed by atoms with E-state index in [0.29, 0.717) is 5.92 Å². The number of ketones is 1. The summed E-state index contributed by atoms with van der Waals surface area (Å²) in [7, 11) is 0. The molecule has 2 aliphatic rings. The molecule has 2 unspecified atom stereocenters. The minimum atomic E-state index is -0.231. The number of hydrogen-bond donors (Lipinski definition) is 1. The molecule has 1 aromatic rings. The second-order valence-electron chi connectivity index (χ2n) is 6.50. The maximum atomic E-state index is 12.6. The van der Waals surface area contributed by atoms with Crippen LogP contribution in [0.2, 0.25) is 0 Å². The summed E-state index contributed by atoms with van der Waals surface area (Å²) in [5, 5.41) is 3.04. The van der Waals surface area contributed by atoms with Crippen molar-refractivity contribution in [2.45, 2.75) is 39.0 Å². The topological polar surface area (TPSA) is 46.2 Å². The van der Waals surface area contributed by atoms with Crippen LogP contribution < -0.4 is 5.32 Å². The molecule has 1 saturated carbocycles. The number of nitrogens with one attached hydrogen (secondary N) is 1. The van der Waals surface area contributed by atoms with Crippen molar-refractivity contribution < 1.29 is 9.59 Å². The molecule has 0 heterocycles. The van der Waals surface area contributed by atoms with Gasteiger partial charge >= 0.3 is 0 Å². The maximum Gasteiger partial charge on any atom is 0.223 e. The molecule has 0 bridgehead atoms. The normalized spacial score (nSPS) is 23.1. The van der Waals surface area contributed by atoms with Crippen molar-refractivity contribution >= 4 is 11.7 Å². The van der Waals surface area contributed by atoms with Gasteiger partial charge in [0.1, 0.15) is 0 Å². The molecule has 0 aromatic heterocycles. The molecule has 1 fully saturated rings. The van der Waals surface area contributed by atoms with Gasteiger partial charge in [0.2, 0.25) is 5.91 Å². The van der Waals surface area contributed by atoms with Crippen LogP contribution >= 0.6 is 0 Å². The molecular formula is C18H23NO2. The van der Waals surface area contributed by atoms with Gasteiger partial charge in [-0.15, -0.1) is 0 Å². The van der Waals surface area contributed by atoms with E-state index in [4.69, 9.17) is 0 Å². The summed E-state index contributed by atoms with van der Waals surface area (Å²) in [5.41, 5.74) is 1.94. The van der Waals surface area contributed by atoms with Crippen LogP contribution in [-0.2, 0) is 11.2 Å². The van der Waals surface area contributed by atoms with E-state index in [1.165, 1.54) is 19.3 Å². The Morgan fingerprint density at radius 3 is 2.76 bits per heavy atom. The third-order valence-electron chi connectivity index (χ3n) is 5.15. The summed E-state index contributed by atoms with van der Waals surface area (Å²) in [6.07, 6.45) is 5.42. The van der Waals surface area contributed by atoms with E-state index in [9.17, 15) is 9.59 Å². The van der Waals surface area contributed by atoms with Gasteiger partial charge in [-0.1, -0.05) is 37.6 Å². The highest BCUT2D eigenvalue weighted by Gasteiger charge is 2.34. The lowest BCUT2D eigenvalue weighted by Crippen LogP contribution is -2.40. The molecule has 3 rings (SSSR count). The van der Waals surface area contributed by atoms with E-state index >= 15 is 0 Å². The fraction of sp³-hybridized carbons (Fsp3) is 0.556. The fourth-order valence-corrected chi connectivity index (χ4v) is 3.38. The summed E-state index contributed by atoms with van der Waals surface area (Å²) >= 11 is 0. The van der Waals surface area contributed by atoms with E-state index in [0.717, 1.165) is 30.5 Å². The van der Waals surface area contributed by atoms with E-state index in [-0.39, 0.29) is 23.5 Å². The zero-order chi connectivity index (χ0) is 14.8. The maximum absolute atomic E-state index is 12.6. The van der Waals surface area contributed by atoms with Gasteiger partial charge < -0.3 is 5.32 Å². The largest absolute Gasteiger partial charge is 0.356 e. The molecule has 1 N–H and O–H groups in total. The van der Waals surface area contributed by atoms with Crippen LogP contribution in [0.15, 0.2) is 24.3 Å². The third-order valence-corrected chi connectivity index (χ3v) is 5.15. The van der Waals surface area contributed by atoms with Gasteiger partial charge in [-0.2, -0.15) is 0 Å². The second-order valence-corrected chi connectivity index (χ2v) is 6.50. The molecule has 112 valence electrons. The molecule has 21 heavy (non-hydrogen) atoms. The number of Topliss-reactive ketones (excluding diaryl/α,β-unsaturated/α-hetero) is 1. The minimum Gasteiger partial charge on any atom is -0.356 e. The zero-order valence-corrected chi connectivity index (χ0v) is 12.6. The summed E-state index contributed by atoms with van der Waals surface area (Å²) in [6, 6.07) is 7.79.